The highest BCUT2D eigenvalue weighted by Gasteiger charge is 2.22. The van der Waals surface area contributed by atoms with Crippen LogP contribution in [0.1, 0.15) is 10.4 Å². The number of hydrogen-bond donors (Lipinski definition) is 2. The van der Waals surface area contributed by atoms with E-state index in [0.29, 0.717) is 0 Å². The predicted molar refractivity (Wildman–Crippen MR) is 82.4 cm³/mol. The fraction of sp³-hybridized carbons (Fsp3) is 0.0714. The number of phenolic OH excluding ortho intramolecular Hbond substituents is 1. The van der Waals surface area contributed by atoms with Crippen molar-refractivity contribution in [1.82, 2.24) is 0 Å². The summed E-state index contributed by atoms with van der Waals surface area (Å²) < 4.78 is 4.98. The van der Waals surface area contributed by atoms with Gasteiger partial charge in [-0.05, 0) is 12.1 Å². The van der Waals surface area contributed by atoms with E-state index in [1.807, 2.05) is 0 Å². The number of nitrogens with zero attached hydrogens (tertiary/aromatic N) is 2. The number of hydrogen-bond acceptors (Lipinski definition) is 7. The first kappa shape index (κ1) is 16.7. The van der Waals surface area contributed by atoms with Gasteiger partial charge in [0, 0.05) is 12.1 Å². The van der Waals surface area contributed by atoms with E-state index in [1.165, 1.54) is 25.3 Å². The van der Waals surface area contributed by atoms with Crippen LogP contribution < -0.4 is 10.1 Å². The van der Waals surface area contributed by atoms with E-state index in [9.17, 15) is 30.1 Å². The molecule has 2 aromatic rings. The smallest absolute Gasteiger partial charge is 0.311 e. The molecular weight excluding hydrogens is 322 g/mol. The first-order chi connectivity index (χ1) is 11.3. The number of rotatable bonds is 5. The topological polar surface area (TPSA) is 145 Å². The maximum Gasteiger partial charge on any atom is 0.311 e. The van der Waals surface area contributed by atoms with E-state index in [1.54, 1.807) is 0 Å². The van der Waals surface area contributed by atoms with Gasteiger partial charge in [-0.15, -0.1) is 0 Å². The number of aromatic hydroxyl groups is 1. The minimum absolute atomic E-state index is 0.0301. The molecule has 0 radical (unpaired) electrons. The van der Waals surface area contributed by atoms with E-state index in [-0.39, 0.29) is 22.7 Å². The van der Waals surface area contributed by atoms with Crippen molar-refractivity contribution in [3.05, 3.63) is 62.2 Å². The summed E-state index contributed by atoms with van der Waals surface area (Å²) in [4.78, 5) is 32.3. The first-order valence-electron chi connectivity index (χ1n) is 6.45. The minimum atomic E-state index is -0.830. The van der Waals surface area contributed by atoms with Crippen LogP contribution in [-0.4, -0.2) is 28.0 Å². The third kappa shape index (κ3) is 3.21. The Kier molecular flexibility index (Phi) is 4.59. The van der Waals surface area contributed by atoms with E-state index in [2.05, 4.69) is 5.32 Å². The Labute approximate surface area is 134 Å². The molecule has 0 unspecified atom stereocenters. The molecule has 0 atom stereocenters. The largest absolute Gasteiger partial charge is 0.502 e. The van der Waals surface area contributed by atoms with E-state index >= 15 is 0 Å². The van der Waals surface area contributed by atoms with Crippen molar-refractivity contribution < 1.29 is 24.5 Å². The van der Waals surface area contributed by atoms with Crippen LogP contribution in [0.2, 0.25) is 0 Å². The van der Waals surface area contributed by atoms with Gasteiger partial charge in [-0.2, -0.15) is 0 Å². The maximum absolute atomic E-state index is 12.2. The number of methoxy groups -OCH3 is 1. The lowest BCUT2D eigenvalue weighted by atomic mass is 10.1. The van der Waals surface area contributed by atoms with Gasteiger partial charge in [0.15, 0.2) is 0 Å². The molecule has 10 nitrogen and oxygen atoms in total. The highest BCUT2D eigenvalue weighted by molar-refractivity contribution is 6.07. The third-order valence-electron chi connectivity index (χ3n) is 3.10. The highest BCUT2D eigenvalue weighted by Crippen LogP contribution is 2.32. The SMILES string of the molecule is COc1cc([N+](=O)[O-])ccc1NC(=O)c1cccc([N+](=O)[O-])c1O. The van der Waals surface area contributed by atoms with Crippen molar-refractivity contribution in [2.75, 3.05) is 12.4 Å². The second-order valence-electron chi connectivity index (χ2n) is 4.53. The monoisotopic (exact) mass is 333 g/mol. The number of para-hydroxylation sites is 1. The van der Waals surface area contributed by atoms with Gasteiger partial charge in [0.2, 0.25) is 5.75 Å². The zero-order valence-corrected chi connectivity index (χ0v) is 12.3. The fourth-order valence-electron chi connectivity index (χ4n) is 1.95. The molecule has 0 heterocycles. The summed E-state index contributed by atoms with van der Waals surface area (Å²) in [5, 5.41) is 33.7. The molecule has 0 bridgehead atoms. The molecule has 0 spiro atoms. The van der Waals surface area contributed by atoms with Crippen molar-refractivity contribution in [2.45, 2.75) is 0 Å². The second kappa shape index (κ2) is 6.60. The summed E-state index contributed by atoms with van der Waals surface area (Å²) in [7, 11) is 1.26. The first-order valence-corrected chi connectivity index (χ1v) is 6.45. The molecule has 0 saturated carbocycles. The fourth-order valence-corrected chi connectivity index (χ4v) is 1.95. The lowest BCUT2D eigenvalue weighted by Gasteiger charge is -2.10. The second-order valence-corrected chi connectivity index (χ2v) is 4.53. The molecule has 2 N–H and O–H groups in total. The molecule has 0 aromatic heterocycles. The van der Waals surface area contributed by atoms with E-state index in [4.69, 9.17) is 4.74 Å². The van der Waals surface area contributed by atoms with Gasteiger partial charge >= 0.3 is 5.69 Å². The van der Waals surface area contributed by atoms with Gasteiger partial charge in [0.1, 0.15) is 5.75 Å². The summed E-state index contributed by atoms with van der Waals surface area (Å²) in [6.45, 7) is 0. The Morgan fingerprint density at radius 3 is 2.46 bits per heavy atom. The molecule has 24 heavy (non-hydrogen) atoms. The van der Waals surface area contributed by atoms with Crippen molar-refractivity contribution >= 4 is 23.0 Å². The number of amides is 1. The predicted octanol–water partition coefficient (Wildman–Crippen LogP) is 2.47. The number of nitro groups is 2. The molecule has 2 rings (SSSR count). The quantitative estimate of drug-likeness (QED) is 0.631. The number of carbonyl (C=O) groups is 1. The molecule has 1 amide bonds. The summed E-state index contributed by atoms with van der Waals surface area (Å²) in [6, 6.07) is 7.03. The molecule has 0 aliphatic carbocycles. The van der Waals surface area contributed by atoms with Crippen LogP contribution in [0.25, 0.3) is 0 Å². The molecule has 0 fully saturated rings. The molecular formula is C14H11N3O7. The Morgan fingerprint density at radius 2 is 1.88 bits per heavy atom. The van der Waals surface area contributed by atoms with Gasteiger partial charge < -0.3 is 15.2 Å². The number of ether oxygens (including phenoxy) is 1. The van der Waals surface area contributed by atoms with Crippen LogP contribution in [0.15, 0.2) is 36.4 Å². The molecule has 0 aliphatic rings. The number of nitrogens with one attached hydrogen (secondary N) is 1. The standard InChI is InChI=1S/C14H11N3O7/c1-24-12-7-8(16(20)21)5-6-10(12)15-14(19)9-3-2-4-11(13(9)18)17(22)23/h2-7,18H,1H3,(H,15,19). The molecule has 0 saturated heterocycles. The van der Waals surface area contributed by atoms with Crippen LogP contribution in [0, 0.1) is 20.2 Å². The minimum Gasteiger partial charge on any atom is -0.502 e. The third-order valence-corrected chi connectivity index (χ3v) is 3.10. The average Bonchev–Trinajstić information content (AvgIpc) is 2.54. The van der Waals surface area contributed by atoms with Gasteiger partial charge in [-0.3, -0.25) is 25.0 Å². The van der Waals surface area contributed by atoms with Gasteiger partial charge in [-0.25, -0.2) is 0 Å². The Hall–Kier alpha value is -3.69. The molecule has 10 heteroatoms. The number of anilines is 1. The number of phenols is 1. The Balaban J connectivity index is 2.35. The van der Waals surface area contributed by atoms with E-state index in [0.717, 1.165) is 18.2 Å². The summed E-state index contributed by atoms with van der Waals surface area (Å²) in [5.74, 6) is -1.58. The van der Waals surface area contributed by atoms with Crippen molar-refractivity contribution in [2.24, 2.45) is 0 Å². The van der Waals surface area contributed by atoms with Crippen LogP contribution in [0.5, 0.6) is 11.5 Å². The molecule has 2 aromatic carbocycles. The van der Waals surface area contributed by atoms with Crippen LogP contribution >= 0.6 is 0 Å². The van der Waals surface area contributed by atoms with Crippen molar-refractivity contribution in [3.63, 3.8) is 0 Å². The van der Waals surface area contributed by atoms with Crippen LogP contribution in [0.4, 0.5) is 17.1 Å². The number of benzene rings is 2. The van der Waals surface area contributed by atoms with Gasteiger partial charge in [-0.1, -0.05) is 6.07 Å². The van der Waals surface area contributed by atoms with Gasteiger partial charge in [0.05, 0.1) is 34.3 Å². The lowest BCUT2D eigenvalue weighted by Crippen LogP contribution is -2.13. The number of carbonyl (C=O) groups excluding carboxylic acids is 1. The van der Waals surface area contributed by atoms with Crippen molar-refractivity contribution in [1.29, 1.82) is 0 Å². The van der Waals surface area contributed by atoms with Crippen molar-refractivity contribution in [3.8, 4) is 11.5 Å². The Morgan fingerprint density at radius 1 is 1.17 bits per heavy atom. The molecule has 0 aliphatic heterocycles. The van der Waals surface area contributed by atoms with Gasteiger partial charge in [0.25, 0.3) is 11.6 Å². The zero-order chi connectivity index (χ0) is 17.9. The molecule has 124 valence electrons. The Bertz CT molecular complexity index is 835. The summed E-state index contributed by atoms with van der Waals surface area (Å²) in [5.41, 5.74) is -1.05. The zero-order valence-electron chi connectivity index (χ0n) is 12.3. The summed E-state index contributed by atoms with van der Waals surface area (Å²) in [6.07, 6.45) is 0. The van der Waals surface area contributed by atoms with Crippen LogP contribution in [-0.2, 0) is 0 Å². The normalized spacial score (nSPS) is 10.0. The average molecular weight is 333 g/mol. The lowest BCUT2D eigenvalue weighted by molar-refractivity contribution is -0.385. The summed E-state index contributed by atoms with van der Waals surface area (Å²) >= 11 is 0. The highest BCUT2D eigenvalue weighted by atomic mass is 16.6. The maximum atomic E-state index is 12.2. The van der Waals surface area contributed by atoms with Crippen LogP contribution in [0.3, 0.4) is 0 Å². The van der Waals surface area contributed by atoms with E-state index < -0.39 is 27.2 Å². The number of nitro benzene ring substituents is 2. The number of non-ortho nitro benzene ring substituents is 1.